The Balaban J connectivity index is 2.07. The monoisotopic (exact) mass is 233 g/mol. The molecular weight excluding hydrogens is 214 g/mol. The Morgan fingerprint density at radius 3 is 2.65 bits per heavy atom. The van der Waals surface area contributed by atoms with Gasteiger partial charge < -0.3 is 10.1 Å². The molecule has 0 spiro atoms. The van der Waals surface area contributed by atoms with E-state index in [1.165, 1.54) is 0 Å². The third-order valence-corrected chi connectivity index (χ3v) is 3.26. The Bertz CT molecular complexity index is 388. The summed E-state index contributed by atoms with van der Waals surface area (Å²) >= 11 is 0. The predicted molar refractivity (Wildman–Crippen MR) is 68.1 cm³/mol. The highest BCUT2D eigenvalue weighted by molar-refractivity contribution is 5.94. The summed E-state index contributed by atoms with van der Waals surface area (Å²) in [4.78, 5) is 12.1. The van der Waals surface area contributed by atoms with Gasteiger partial charge in [0, 0.05) is 12.3 Å². The lowest BCUT2D eigenvalue weighted by Crippen LogP contribution is -2.30. The number of nitrogens with one attached hydrogen (secondary N) is 1. The standard InChI is InChI=1S/C14H19NO2/c1-10-5-3-6-11(2)13(10)15-14(16)12-7-4-8-17-9-12/h3,5-6,12H,4,7-9H2,1-2H3,(H,15,16). The number of benzene rings is 1. The van der Waals surface area contributed by atoms with Crippen molar-refractivity contribution >= 4 is 11.6 Å². The minimum atomic E-state index is 0.00255. The van der Waals surface area contributed by atoms with Crippen molar-refractivity contribution < 1.29 is 9.53 Å². The molecule has 1 saturated heterocycles. The van der Waals surface area contributed by atoms with Crippen molar-refractivity contribution in [2.75, 3.05) is 18.5 Å². The molecule has 2 rings (SSSR count). The number of para-hydroxylation sites is 1. The van der Waals surface area contributed by atoms with Gasteiger partial charge in [-0.15, -0.1) is 0 Å². The number of hydrogen-bond donors (Lipinski definition) is 1. The number of ether oxygens (including phenoxy) is 1. The topological polar surface area (TPSA) is 38.3 Å². The van der Waals surface area contributed by atoms with Crippen molar-refractivity contribution in [1.29, 1.82) is 0 Å². The van der Waals surface area contributed by atoms with Crippen LogP contribution in [0, 0.1) is 19.8 Å². The number of carbonyl (C=O) groups is 1. The van der Waals surface area contributed by atoms with E-state index in [-0.39, 0.29) is 11.8 Å². The van der Waals surface area contributed by atoms with Crippen LogP contribution < -0.4 is 5.32 Å². The maximum absolute atomic E-state index is 12.1. The predicted octanol–water partition coefficient (Wildman–Crippen LogP) is 2.67. The smallest absolute Gasteiger partial charge is 0.229 e. The van der Waals surface area contributed by atoms with Gasteiger partial charge in [0.25, 0.3) is 0 Å². The van der Waals surface area contributed by atoms with Gasteiger partial charge in [-0.25, -0.2) is 0 Å². The van der Waals surface area contributed by atoms with Crippen molar-refractivity contribution in [2.24, 2.45) is 5.92 Å². The molecule has 0 saturated carbocycles. The molecule has 1 fully saturated rings. The number of carbonyl (C=O) groups excluding carboxylic acids is 1. The summed E-state index contributed by atoms with van der Waals surface area (Å²) in [7, 11) is 0. The van der Waals surface area contributed by atoms with Crippen LogP contribution in [0.25, 0.3) is 0 Å². The Hall–Kier alpha value is -1.35. The van der Waals surface area contributed by atoms with Crippen LogP contribution in [0.15, 0.2) is 18.2 Å². The quantitative estimate of drug-likeness (QED) is 0.852. The fourth-order valence-electron chi connectivity index (χ4n) is 2.18. The zero-order valence-corrected chi connectivity index (χ0v) is 10.5. The van der Waals surface area contributed by atoms with Gasteiger partial charge in [-0.1, -0.05) is 18.2 Å². The van der Waals surface area contributed by atoms with Gasteiger partial charge >= 0.3 is 0 Å². The average Bonchev–Trinajstić information content (AvgIpc) is 2.35. The fourth-order valence-corrected chi connectivity index (χ4v) is 2.18. The summed E-state index contributed by atoms with van der Waals surface area (Å²) in [6, 6.07) is 6.03. The van der Waals surface area contributed by atoms with Gasteiger partial charge in [0.15, 0.2) is 0 Å². The number of aryl methyl sites for hydroxylation is 2. The van der Waals surface area contributed by atoms with E-state index in [1.807, 2.05) is 32.0 Å². The molecule has 0 radical (unpaired) electrons. The lowest BCUT2D eigenvalue weighted by Gasteiger charge is -2.22. The van der Waals surface area contributed by atoms with Crippen molar-refractivity contribution in [3.05, 3.63) is 29.3 Å². The summed E-state index contributed by atoms with van der Waals surface area (Å²) < 4.78 is 5.34. The minimum Gasteiger partial charge on any atom is -0.381 e. The first kappa shape index (κ1) is 12.1. The molecular formula is C14H19NO2. The summed E-state index contributed by atoms with van der Waals surface area (Å²) in [5, 5.41) is 3.03. The van der Waals surface area contributed by atoms with Gasteiger partial charge in [-0.3, -0.25) is 4.79 Å². The highest BCUT2D eigenvalue weighted by Crippen LogP contribution is 2.22. The van der Waals surface area contributed by atoms with Gasteiger partial charge in [0.1, 0.15) is 0 Å². The van der Waals surface area contributed by atoms with E-state index in [0.717, 1.165) is 36.3 Å². The molecule has 3 nitrogen and oxygen atoms in total. The number of rotatable bonds is 2. The van der Waals surface area contributed by atoms with Gasteiger partial charge in [0.05, 0.1) is 12.5 Å². The SMILES string of the molecule is Cc1cccc(C)c1NC(=O)C1CCCOC1. The van der Waals surface area contributed by atoms with E-state index in [4.69, 9.17) is 4.74 Å². The number of anilines is 1. The fraction of sp³-hybridized carbons (Fsp3) is 0.500. The highest BCUT2D eigenvalue weighted by atomic mass is 16.5. The van der Waals surface area contributed by atoms with Crippen molar-refractivity contribution in [3.8, 4) is 0 Å². The number of hydrogen-bond acceptors (Lipinski definition) is 2. The van der Waals surface area contributed by atoms with Crippen LogP contribution in [0.3, 0.4) is 0 Å². The van der Waals surface area contributed by atoms with Crippen LogP contribution in [-0.2, 0) is 9.53 Å². The summed E-state index contributed by atoms with van der Waals surface area (Å²) in [6.45, 7) is 5.36. The molecule has 1 amide bonds. The molecule has 92 valence electrons. The maximum Gasteiger partial charge on any atom is 0.229 e. The van der Waals surface area contributed by atoms with Crippen LogP contribution in [0.1, 0.15) is 24.0 Å². The van der Waals surface area contributed by atoms with E-state index < -0.39 is 0 Å². The first-order chi connectivity index (χ1) is 8.18. The second-order valence-corrected chi connectivity index (χ2v) is 4.67. The van der Waals surface area contributed by atoms with Gasteiger partial charge in [0.2, 0.25) is 5.91 Å². The molecule has 1 atom stereocenters. The second kappa shape index (κ2) is 5.32. The highest BCUT2D eigenvalue weighted by Gasteiger charge is 2.22. The van der Waals surface area contributed by atoms with Crippen LogP contribution >= 0.6 is 0 Å². The molecule has 1 heterocycles. The lowest BCUT2D eigenvalue weighted by atomic mass is 10.0. The van der Waals surface area contributed by atoms with Crippen LogP contribution in [0.5, 0.6) is 0 Å². The third-order valence-electron chi connectivity index (χ3n) is 3.26. The second-order valence-electron chi connectivity index (χ2n) is 4.67. The van der Waals surface area contributed by atoms with Gasteiger partial charge in [-0.05, 0) is 37.8 Å². The molecule has 1 aliphatic heterocycles. The molecule has 1 aromatic rings. The van der Waals surface area contributed by atoms with Crippen LogP contribution in [0.2, 0.25) is 0 Å². The molecule has 1 N–H and O–H groups in total. The third kappa shape index (κ3) is 2.86. The Morgan fingerprint density at radius 2 is 2.06 bits per heavy atom. The Labute approximate surface area is 102 Å². The Kier molecular flexibility index (Phi) is 3.79. The average molecular weight is 233 g/mol. The van der Waals surface area contributed by atoms with E-state index in [0.29, 0.717) is 6.61 Å². The van der Waals surface area contributed by atoms with E-state index >= 15 is 0 Å². The largest absolute Gasteiger partial charge is 0.381 e. The molecule has 0 bridgehead atoms. The first-order valence-electron chi connectivity index (χ1n) is 6.13. The van der Waals surface area contributed by atoms with Crippen LogP contribution in [-0.4, -0.2) is 19.1 Å². The summed E-state index contributed by atoms with van der Waals surface area (Å²) in [6.07, 6.45) is 1.90. The van der Waals surface area contributed by atoms with E-state index in [1.54, 1.807) is 0 Å². The zero-order valence-electron chi connectivity index (χ0n) is 10.5. The normalized spacial score (nSPS) is 20.0. The molecule has 3 heteroatoms. The van der Waals surface area contributed by atoms with Crippen LogP contribution in [0.4, 0.5) is 5.69 Å². The van der Waals surface area contributed by atoms with Crippen molar-refractivity contribution in [1.82, 2.24) is 0 Å². The van der Waals surface area contributed by atoms with Crippen molar-refractivity contribution in [2.45, 2.75) is 26.7 Å². The summed E-state index contributed by atoms with van der Waals surface area (Å²) in [5.74, 6) is 0.0878. The van der Waals surface area contributed by atoms with Crippen molar-refractivity contribution in [3.63, 3.8) is 0 Å². The molecule has 1 aliphatic rings. The zero-order chi connectivity index (χ0) is 12.3. The lowest BCUT2D eigenvalue weighted by molar-refractivity contribution is -0.123. The number of amides is 1. The molecule has 17 heavy (non-hydrogen) atoms. The molecule has 0 aromatic heterocycles. The maximum atomic E-state index is 12.1. The van der Waals surface area contributed by atoms with E-state index in [2.05, 4.69) is 5.32 Å². The summed E-state index contributed by atoms with van der Waals surface area (Å²) in [5.41, 5.74) is 3.16. The first-order valence-corrected chi connectivity index (χ1v) is 6.13. The van der Waals surface area contributed by atoms with Gasteiger partial charge in [-0.2, -0.15) is 0 Å². The molecule has 1 unspecified atom stereocenters. The molecule has 1 aromatic carbocycles. The minimum absolute atomic E-state index is 0.00255. The Morgan fingerprint density at radius 1 is 1.35 bits per heavy atom. The molecule has 0 aliphatic carbocycles. The van der Waals surface area contributed by atoms with E-state index in [9.17, 15) is 4.79 Å².